The summed E-state index contributed by atoms with van der Waals surface area (Å²) in [5.74, 6) is -2.81. The molecule has 1 unspecified atom stereocenters. The third-order valence-corrected chi connectivity index (χ3v) is 9.75. The van der Waals surface area contributed by atoms with E-state index in [-0.39, 0.29) is 47.8 Å². The third kappa shape index (κ3) is 13.3. The summed E-state index contributed by atoms with van der Waals surface area (Å²) in [6.45, 7) is 13.6. The maximum Gasteiger partial charge on any atom is 0.339 e. The molecule has 0 saturated carbocycles. The highest BCUT2D eigenvalue weighted by molar-refractivity contribution is 5.96. The van der Waals surface area contributed by atoms with Gasteiger partial charge in [0.1, 0.15) is 29.9 Å². The highest BCUT2D eigenvalue weighted by Gasteiger charge is 2.52. The van der Waals surface area contributed by atoms with E-state index in [9.17, 15) is 39.6 Å². The molecule has 0 bridgehead atoms. The number of carbonyl (C=O) groups excluding carboxylic acids is 1. The minimum absolute atomic E-state index is 0.000602. The van der Waals surface area contributed by atoms with E-state index < -0.39 is 54.2 Å². The standard InChI is InChI=1S/C21H25N7O4.C13H14O2.C9H19NO5/c1-11(2)3-8-15(20(31)32)26-18(29)12-4-6-13(7-5-12)23-9-14-10-24-17-16(25-14)19(30)28-21(22)27-17;1-8(2)11-7-10-5-4-9(3)6-12(10)15-13(11)14;1-5(2)10-4-9(14)8(13)7(12)6(3-11)15-9/h4-7,10-11,15,23H,3,8-9H2,1-2H3,(H,26,29)(H,31,32)(H3,22,24,27,28,30);4-8H,1-3H3;5-8,10-14H,3-4H2,1-2H3/t;;6-,7-,8+,9-/m..1/s1. The van der Waals surface area contributed by atoms with Gasteiger partial charge in [-0.1, -0.05) is 53.7 Å². The van der Waals surface area contributed by atoms with Crippen LogP contribution in [0.5, 0.6) is 0 Å². The van der Waals surface area contributed by atoms with Crippen molar-refractivity contribution in [3.8, 4) is 0 Å². The van der Waals surface area contributed by atoms with E-state index in [1.54, 1.807) is 24.3 Å². The van der Waals surface area contributed by atoms with Crippen molar-refractivity contribution in [2.24, 2.45) is 5.92 Å². The number of hydrogen-bond acceptors (Lipinski definition) is 16. The number of hydrogen-bond donors (Lipinski definition) is 10. The Bertz CT molecular complexity index is 2400. The number of carboxylic acid groups (broad SMARTS) is 1. The Labute approximate surface area is 357 Å². The van der Waals surface area contributed by atoms with Gasteiger partial charge in [-0.05, 0) is 73.6 Å². The number of fused-ring (bicyclic) bond motifs is 2. The molecule has 3 aromatic heterocycles. The van der Waals surface area contributed by atoms with Gasteiger partial charge in [0, 0.05) is 28.2 Å². The quantitative estimate of drug-likeness (QED) is 0.0717. The van der Waals surface area contributed by atoms with Crippen LogP contribution in [0.4, 0.5) is 11.6 Å². The number of aliphatic carboxylic acids is 1. The zero-order chi connectivity index (χ0) is 45.9. The summed E-state index contributed by atoms with van der Waals surface area (Å²) in [6, 6.07) is 13.6. The van der Waals surface area contributed by atoms with E-state index in [0.717, 1.165) is 16.5 Å². The molecule has 1 aliphatic heterocycles. The number of aromatic amines is 1. The fraction of sp³-hybridized carbons (Fsp3) is 0.465. The largest absolute Gasteiger partial charge is 0.480 e. The molecule has 11 N–H and O–H groups in total. The number of aryl methyl sites for hydroxylation is 1. The highest BCUT2D eigenvalue weighted by atomic mass is 16.7. The second kappa shape index (κ2) is 21.8. The number of nitrogens with two attached hydrogens (primary N) is 1. The average Bonchev–Trinajstić information content (AvgIpc) is 3.44. The summed E-state index contributed by atoms with van der Waals surface area (Å²) in [7, 11) is 0. The number of anilines is 2. The van der Waals surface area contributed by atoms with Crippen molar-refractivity contribution in [1.29, 1.82) is 0 Å². The molecule has 62 heavy (non-hydrogen) atoms. The Morgan fingerprint density at radius 1 is 0.984 bits per heavy atom. The molecular weight excluding hydrogens is 805 g/mol. The van der Waals surface area contributed by atoms with Gasteiger partial charge in [-0.2, -0.15) is 4.98 Å². The molecule has 5 atom stereocenters. The van der Waals surface area contributed by atoms with Crippen molar-refractivity contribution in [3.05, 3.63) is 97.9 Å². The summed E-state index contributed by atoms with van der Waals surface area (Å²) < 4.78 is 10.3. The number of aliphatic hydroxyl groups is 4. The number of H-pyrrole nitrogens is 1. The van der Waals surface area contributed by atoms with Crippen LogP contribution in [0.2, 0.25) is 0 Å². The zero-order valence-electron chi connectivity index (χ0n) is 35.9. The van der Waals surface area contributed by atoms with Crippen LogP contribution < -0.4 is 32.9 Å². The van der Waals surface area contributed by atoms with Gasteiger partial charge in [-0.15, -0.1) is 0 Å². The molecule has 1 fully saturated rings. The molecule has 0 radical (unpaired) electrons. The minimum atomic E-state index is -1.84. The van der Waals surface area contributed by atoms with Gasteiger partial charge in [0.25, 0.3) is 11.5 Å². The fourth-order valence-electron chi connectivity index (χ4n) is 6.14. The lowest BCUT2D eigenvalue weighted by atomic mass is 10.0. The van der Waals surface area contributed by atoms with Crippen LogP contribution in [0, 0.1) is 12.8 Å². The van der Waals surface area contributed by atoms with Crippen LogP contribution in [-0.2, 0) is 16.1 Å². The first-order chi connectivity index (χ1) is 29.2. The predicted octanol–water partition coefficient (Wildman–Crippen LogP) is 2.54. The molecule has 2 aromatic carbocycles. The number of aromatic nitrogens is 4. The molecule has 0 spiro atoms. The Hall–Kier alpha value is -5.83. The van der Waals surface area contributed by atoms with Crippen molar-refractivity contribution < 1.29 is 44.3 Å². The molecule has 1 aliphatic rings. The number of nitrogen functional groups attached to an aromatic ring is 1. The lowest BCUT2D eigenvalue weighted by molar-refractivity contribution is -0.227. The Balaban J connectivity index is 0.000000233. The number of nitrogens with one attached hydrogen (secondary N) is 4. The summed E-state index contributed by atoms with van der Waals surface area (Å²) in [5.41, 5.74) is 9.16. The third-order valence-electron chi connectivity index (χ3n) is 9.75. The first-order valence-electron chi connectivity index (χ1n) is 20.2. The smallest absolute Gasteiger partial charge is 0.339 e. The molecule has 6 rings (SSSR count). The van der Waals surface area contributed by atoms with Crippen LogP contribution in [-0.4, -0.2) is 107 Å². The maximum absolute atomic E-state index is 12.4. The van der Waals surface area contributed by atoms with Gasteiger partial charge in [-0.25, -0.2) is 19.6 Å². The second-order valence-electron chi connectivity index (χ2n) is 16.1. The number of amides is 1. The van der Waals surface area contributed by atoms with E-state index >= 15 is 0 Å². The molecule has 1 saturated heterocycles. The first-order valence-corrected chi connectivity index (χ1v) is 20.2. The number of nitrogens with zero attached hydrogens (tertiary/aromatic N) is 3. The van der Waals surface area contributed by atoms with Crippen LogP contribution in [0.15, 0.2) is 68.7 Å². The van der Waals surface area contributed by atoms with Crippen molar-refractivity contribution in [3.63, 3.8) is 0 Å². The monoisotopic (exact) mass is 862 g/mol. The number of ether oxygens (including phenoxy) is 1. The zero-order valence-corrected chi connectivity index (χ0v) is 35.9. The van der Waals surface area contributed by atoms with E-state index in [1.807, 2.05) is 72.7 Å². The van der Waals surface area contributed by atoms with Gasteiger partial charge in [-0.3, -0.25) is 14.6 Å². The van der Waals surface area contributed by atoms with Crippen molar-refractivity contribution >= 4 is 45.6 Å². The fourth-order valence-corrected chi connectivity index (χ4v) is 6.14. The molecule has 336 valence electrons. The van der Waals surface area contributed by atoms with Crippen molar-refractivity contribution in [2.75, 3.05) is 24.2 Å². The first kappa shape index (κ1) is 48.8. The molecule has 19 nitrogen and oxygen atoms in total. The molecule has 1 amide bonds. The number of aliphatic hydroxyl groups excluding tert-OH is 3. The van der Waals surface area contributed by atoms with Crippen LogP contribution >= 0.6 is 0 Å². The molecule has 19 heteroatoms. The number of carboxylic acids is 1. The highest BCUT2D eigenvalue weighted by Crippen LogP contribution is 2.28. The van der Waals surface area contributed by atoms with Gasteiger partial charge in [0.15, 0.2) is 11.2 Å². The number of benzene rings is 2. The van der Waals surface area contributed by atoms with E-state index in [0.29, 0.717) is 41.3 Å². The van der Waals surface area contributed by atoms with Gasteiger partial charge in [0.2, 0.25) is 11.7 Å². The summed E-state index contributed by atoms with van der Waals surface area (Å²) in [5, 5.41) is 56.6. The van der Waals surface area contributed by atoms with Crippen LogP contribution in [0.25, 0.3) is 22.1 Å². The average molecular weight is 863 g/mol. The number of rotatable bonds is 14. The second-order valence-corrected chi connectivity index (χ2v) is 16.1. The van der Waals surface area contributed by atoms with Crippen molar-refractivity contribution in [2.45, 2.75) is 110 Å². The van der Waals surface area contributed by atoms with E-state index in [2.05, 4.69) is 35.9 Å². The maximum atomic E-state index is 12.4. The Morgan fingerprint density at radius 3 is 2.27 bits per heavy atom. The molecule has 0 aliphatic carbocycles. The minimum Gasteiger partial charge on any atom is -0.480 e. The predicted molar refractivity (Wildman–Crippen MR) is 232 cm³/mol. The van der Waals surface area contributed by atoms with Crippen LogP contribution in [0.1, 0.15) is 87.5 Å². The summed E-state index contributed by atoms with van der Waals surface area (Å²) >= 11 is 0. The van der Waals surface area contributed by atoms with Crippen molar-refractivity contribution in [1.82, 2.24) is 30.6 Å². The normalized spacial score (nSPS) is 18.9. The molecule has 4 heterocycles. The summed E-state index contributed by atoms with van der Waals surface area (Å²) in [4.78, 5) is 62.0. The Kier molecular flexibility index (Phi) is 17.2. The summed E-state index contributed by atoms with van der Waals surface area (Å²) in [6.07, 6.45) is -1.07. The van der Waals surface area contributed by atoms with Gasteiger partial charge >= 0.3 is 11.6 Å². The molecular formula is C43H58N8O11. The molecule has 5 aromatic rings. The Morgan fingerprint density at radius 2 is 1.68 bits per heavy atom. The van der Waals surface area contributed by atoms with Crippen LogP contribution in [0.3, 0.4) is 0 Å². The topological polar surface area (TPSA) is 308 Å². The lowest BCUT2D eigenvalue weighted by Gasteiger charge is -2.27. The van der Waals surface area contributed by atoms with E-state index in [4.69, 9.17) is 20.0 Å². The van der Waals surface area contributed by atoms with Gasteiger partial charge in [0.05, 0.1) is 31.6 Å². The lowest BCUT2D eigenvalue weighted by Crippen LogP contribution is -2.51. The van der Waals surface area contributed by atoms with E-state index in [1.165, 1.54) is 6.20 Å². The van der Waals surface area contributed by atoms with Gasteiger partial charge < -0.3 is 56.4 Å². The SMILES string of the molecule is CC(C)CCC(NC(=O)c1ccc(NCc2cnc3nc(N)[nH]c(=O)c3n2)cc1)C(=O)O.CC(C)NC[C@@]1(O)O[C@H](CO)[C@@H](O)[C@@H]1O.Cc1ccc2cc(C(C)C)c(=O)oc2c1. The number of carbonyl (C=O) groups is 2.